The molecule has 3 aromatic carbocycles. The normalized spacial score (nSPS) is 11.0. The number of rotatable bonds is 7. The molecule has 0 N–H and O–H groups in total. The van der Waals surface area contributed by atoms with Crippen LogP contribution in [0, 0.1) is 0 Å². The number of benzene rings is 3. The van der Waals surface area contributed by atoms with Crippen LogP contribution >= 0.6 is 0 Å². The first-order valence-corrected chi connectivity index (χ1v) is 9.34. The summed E-state index contributed by atoms with van der Waals surface area (Å²) in [5, 5.41) is 6.44. The molecule has 0 unspecified atom stereocenters. The largest absolute Gasteiger partial charge is 0.287 e. The lowest BCUT2D eigenvalue weighted by atomic mass is 10.0. The summed E-state index contributed by atoms with van der Waals surface area (Å²) in [5.74, 6) is 0. The van der Waals surface area contributed by atoms with Gasteiger partial charge in [-0.05, 0) is 22.3 Å². The third-order valence-corrected chi connectivity index (χ3v) is 4.55. The van der Waals surface area contributed by atoms with Crippen LogP contribution in [0.25, 0.3) is 17.2 Å². The molecule has 0 saturated heterocycles. The maximum Gasteiger partial charge on any atom is 0.139 e. The summed E-state index contributed by atoms with van der Waals surface area (Å²) >= 11 is 0. The number of hydrogen-bond donors (Lipinski definition) is 0. The van der Waals surface area contributed by atoms with E-state index in [2.05, 4.69) is 87.9 Å². The standard InChI is InChI=1S/C24H22N4/c1-3-8-21(9-4-1)10-7-17-27(28-20-25-19-26-28)18-22-13-15-24(16-14-22)23-11-5-2-6-12-23/h1-16,19-20H,17-18H2/b10-7+. The third kappa shape index (κ3) is 4.54. The van der Waals surface area contributed by atoms with E-state index in [0.29, 0.717) is 0 Å². The molecule has 4 heteroatoms. The maximum atomic E-state index is 4.30. The van der Waals surface area contributed by atoms with E-state index in [-0.39, 0.29) is 0 Å². The molecular weight excluding hydrogens is 344 g/mol. The molecule has 1 aromatic heterocycles. The molecule has 0 amide bonds. The predicted molar refractivity (Wildman–Crippen MR) is 114 cm³/mol. The van der Waals surface area contributed by atoms with E-state index in [1.807, 2.05) is 24.3 Å². The van der Waals surface area contributed by atoms with Crippen molar-refractivity contribution < 1.29 is 0 Å². The second-order valence-corrected chi connectivity index (χ2v) is 6.54. The highest BCUT2D eigenvalue weighted by Crippen LogP contribution is 2.19. The van der Waals surface area contributed by atoms with Crippen molar-refractivity contribution in [2.45, 2.75) is 6.54 Å². The number of nitrogens with zero attached hydrogens (tertiary/aromatic N) is 4. The van der Waals surface area contributed by atoms with Crippen LogP contribution in [0.3, 0.4) is 0 Å². The Bertz CT molecular complexity index is 992. The van der Waals surface area contributed by atoms with Crippen molar-refractivity contribution in [3.63, 3.8) is 0 Å². The minimum Gasteiger partial charge on any atom is -0.287 e. The van der Waals surface area contributed by atoms with Gasteiger partial charge in [-0.1, -0.05) is 97.1 Å². The summed E-state index contributed by atoms with van der Waals surface area (Å²) < 4.78 is 0. The molecule has 0 spiro atoms. The molecule has 0 aliphatic heterocycles. The van der Waals surface area contributed by atoms with Crippen molar-refractivity contribution in [1.82, 2.24) is 14.9 Å². The lowest BCUT2D eigenvalue weighted by molar-refractivity contribution is 0.552. The third-order valence-electron chi connectivity index (χ3n) is 4.55. The first-order valence-electron chi connectivity index (χ1n) is 9.34. The van der Waals surface area contributed by atoms with Gasteiger partial charge in [0.2, 0.25) is 0 Å². The quantitative estimate of drug-likeness (QED) is 0.471. The minimum atomic E-state index is 0.735. The zero-order chi connectivity index (χ0) is 19.0. The Morgan fingerprint density at radius 1 is 0.786 bits per heavy atom. The van der Waals surface area contributed by atoms with Crippen molar-refractivity contribution in [2.75, 3.05) is 11.6 Å². The Morgan fingerprint density at radius 2 is 1.46 bits per heavy atom. The second-order valence-electron chi connectivity index (χ2n) is 6.54. The smallest absolute Gasteiger partial charge is 0.139 e. The van der Waals surface area contributed by atoms with Gasteiger partial charge in [-0.3, -0.25) is 5.01 Å². The molecule has 4 aromatic rings. The lowest BCUT2D eigenvalue weighted by Crippen LogP contribution is -2.34. The molecule has 0 fully saturated rings. The Morgan fingerprint density at radius 3 is 2.14 bits per heavy atom. The monoisotopic (exact) mass is 366 g/mol. The average molecular weight is 366 g/mol. The van der Waals surface area contributed by atoms with Gasteiger partial charge in [-0.2, -0.15) is 4.79 Å². The van der Waals surface area contributed by atoms with E-state index in [4.69, 9.17) is 0 Å². The Balaban J connectivity index is 1.47. The molecular formula is C24H22N4. The first-order chi connectivity index (χ1) is 13.9. The van der Waals surface area contributed by atoms with Crippen molar-refractivity contribution in [2.24, 2.45) is 0 Å². The highest BCUT2D eigenvalue weighted by atomic mass is 15.7. The van der Waals surface area contributed by atoms with Gasteiger partial charge in [-0.15, -0.1) is 5.10 Å². The topological polar surface area (TPSA) is 34.0 Å². The highest BCUT2D eigenvalue weighted by molar-refractivity contribution is 5.63. The zero-order valence-electron chi connectivity index (χ0n) is 15.6. The molecule has 28 heavy (non-hydrogen) atoms. The van der Waals surface area contributed by atoms with E-state index in [1.54, 1.807) is 17.4 Å². The molecule has 0 bridgehead atoms. The van der Waals surface area contributed by atoms with E-state index in [1.165, 1.54) is 22.3 Å². The second kappa shape index (κ2) is 8.82. The fourth-order valence-corrected chi connectivity index (χ4v) is 3.09. The van der Waals surface area contributed by atoms with E-state index < -0.39 is 0 Å². The molecule has 0 aliphatic carbocycles. The predicted octanol–water partition coefficient (Wildman–Crippen LogP) is 4.80. The minimum absolute atomic E-state index is 0.735. The first kappa shape index (κ1) is 17.7. The van der Waals surface area contributed by atoms with Gasteiger partial charge in [0, 0.05) is 0 Å². The summed E-state index contributed by atoms with van der Waals surface area (Å²) in [7, 11) is 0. The van der Waals surface area contributed by atoms with Gasteiger partial charge in [0.25, 0.3) is 0 Å². The fraction of sp³-hybridized carbons (Fsp3) is 0.0833. The van der Waals surface area contributed by atoms with Gasteiger partial charge in [0.15, 0.2) is 0 Å². The average Bonchev–Trinajstić information content (AvgIpc) is 3.30. The molecule has 4 rings (SSSR count). The van der Waals surface area contributed by atoms with Gasteiger partial charge in [-0.25, -0.2) is 4.98 Å². The van der Waals surface area contributed by atoms with Gasteiger partial charge in [0.05, 0.1) is 13.1 Å². The molecule has 138 valence electrons. The lowest BCUT2D eigenvalue weighted by Gasteiger charge is -2.22. The summed E-state index contributed by atoms with van der Waals surface area (Å²) in [6, 6.07) is 29.4. The molecule has 0 radical (unpaired) electrons. The van der Waals surface area contributed by atoms with Crippen molar-refractivity contribution in [1.29, 1.82) is 0 Å². The van der Waals surface area contributed by atoms with Gasteiger partial charge >= 0.3 is 0 Å². The van der Waals surface area contributed by atoms with Crippen molar-refractivity contribution in [3.8, 4) is 11.1 Å². The Kier molecular flexibility index (Phi) is 5.59. The Labute approximate surface area is 165 Å². The van der Waals surface area contributed by atoms with Crippen LogP contribution in [-0.2, 0) is 6.54 Å². The van der Waals surface area contributed by atoms with E-state index in [9.17, 15) is 0 Å². The SMILES string of the molecule is C(=C\c1ccccc1)/CN(Cc1ccc(-c2ccccc2)cc1)n1cncn1. The highest BCUT2D eigenvalue weighted by Gasteiger charge is 2.06. The summed E-state index contributed by atoms with van der Waals surface area (Å²) in [6.45, 7) is 1.48. The van der Waals surface area contributed by atoms with Gasteiger partial charge in [0.1, 0.15) is 12.7 Å². The zero-order valence-corrected chi connectivity index (χ0v) is 15.6. The molecule has 0 saturated carbocycles. The van der Waals surface area contributed by atoms with Crippen LogP contribution in [0.2, 0.25) is 0 Å². The Hall–Kier alpha value is -3.66. The van der Waals surface area contributed by atoms with Crippen LogP contribution in [0.15, 0.2) is 104 Å². The summed E-state index contributed by atoms with van der Waals surface area (Å²) in [6.07, 6.45) is 7.57. The van der Waals surface area contributed by atoms with E-state index in [0.717, 1.165) is 13.1 Å². The molecule has 4 nitrogen and oxygen atoms in total. The molecule has 0 atom stereocenters. The maximum absolute atomic E-state index is 4.30. The van der Waals surface area contributed by atoms with Crippen LogP contribution in [-0.4, -0.2) is 21.4 Å². The number of hydrogen-bond acceptors (Lipinski definition) is 3. The van der Waals surface area contributed by atoms with Crippen molar-refractivity contribution in [3.05, 3.63) is 115 Å². The summed E-state index contributed by atoms with van der Waals surface area (Å²) in [5.41, 5.74) is 4.87. The summed E-state index contributed by atoms with van der Waals surface area (Å²) in [4.78, 5) is 5.88. The van der Waals surface area contributed by atoms with Crippen molar-refractivity contribution >= 4 is 6.08 Å². The fourth-order valence-electron chi connectivity index (χ4n) is 3.09. The molecule has 1 heterocycles. The molecule has 0 aliphatic rings. The van der Waals surface area contributed by atoms with Crippen LogP contribution in [0.1, 0.15) is 11.1 Å². The van der Waals surface area contributed by atoms with Gasteiger partial charge < -0.3 is 0 Å². The van der Waals surface area contributed by atoms with Crippen LogP contribution < -0.4 is 5.01 Å². The van der Waals surface area contributed by atoms with Crippen LogP contribution in [0.4, 0.5) is 0 Å². The van der Waals surface area contributed by atoms with E-state index >= 15 is 0 Å². The van der Waals surface area contributed by atoms with Crippen LogP contribution in [0.5, 0.6) is 0 Å². The number of aromatic nitrogens is 3.